The zero-order valence-electron chi connectivity index (χ0n) is 15.4. The summed E-state index contributed by atoms with van der Waals surface area (Å²) in [5.74, 6) is 0.818. The zero-order chi connectivity index (χ0) is 19.9. The van der Waals surface area contributed by atoms with Gasteiger partial charge in [0.25, 0.3) is 5.91 Å². The van der Waals surface area contributed by atoms with Gasteiger partial charge >= 0.3 is 0 Å². The van der Waals surface area contributed by atoms with E-state index in [4.69, 9.17) is 14.7 Å². The molecule has 28 heavy (non-hydrogen) atoms. The number of amides is 1. The SMILES string of the molecule is COc1cccc(OC)c1C(=O)Nc1ccc(Nc2cccc(C#N)c2)cn1. The molecule has 0 aliphatic carbocycles. The Labute approximate surface area is 162 Å². The van der Waals surface area contributed by atoms with Crippen LogP contribution in [0, 0.1) is 11.3 Å². The Bertz CT molecular complexity index is 1000. The molecule has 7 heteroatoms. The number of carbonyl (C=O) groups is 1. The van der Waals surface area contributed by atoms with Gasteiger partial charge in [-0.3, -0.25) is 4.79 Å². The van der Waals surface area contributed by atoms with Crippen molar-refractivity contribution >= 4 is 23.1 Å². The first-order valence-electron chi connectivity index (χ1n) is 8.40. The van der Waals surface area contributed by atoms with Crippen LogP contribution in [0.2, 0.25) is 0 Å². The fraction of sp³-hybridized carbons (Fsp3) is 0.0952. The molecular weight excluding hydrogens is 356 g/mol. The quantitative estimate of drug-likeness (QED) is 0.678. The van der Waals surface area contributed by atoms with Crippen molar-refractivity contribution in [3.05, 3.63) is 71.9 Å². The van der Waals surface area contributed by atoms with E-state index in [0.717, 1.165) is 11.4 Å². The highest BCUT2D eigenvalue weighted by molar-refractivity contribution is 6.07. The number of ether oxygens (including phenoxy) is 2. The number of hydrogen-bond donors (Lipinski definition) is 2. The summed E-state index contributed by atoms with van der Waals surface area (Å²) < 4.78 is 10.5. The second-order valence-electron chi connectivity index (χ2n) is 5.74. The van der Waals surface area contributed by atoms with Crippen LogP contribution in [0.25, 0.3) is 0 Å². The molecule has 1 heterocycles. The molecule has 1 aromatic heterocycles. The van der Waals surface area contributed by atoms with Gasteiger partial charge in [0.2, 0.25) is 0 Å². The fourth-order valence-electron chi connectivity index (χ4n) is 2.63. The molecule has 3 rings (SSSR count). The number of carbonyl (C=O) groups excluding carboxylic acids is 1. The maximum atomic E-state index is 12.7. The molecule has 0 saturated carbocycles. The van der Waals surface area contributed by atoms with Crippen LogP contribution >= 0.6 is 0 Å². The molecule has 0 bridgehead atoms. The number of nitrogens with zero attached hydrogens (tertiary/aromatic N) is 2. The van der Waals surface area contributed by atoms with Crippen LogP contribution in [0.1, 0.15) is 15.9 Å². The summed E-state index contributed by atoms with van der Waals surface area (Å²) in [5.41, 5.74) is 2.36. The van der Waals surface area contributed by atoms with E-state index in [1.54, 1.807) is 54.7 Å². The Balaban J connectivity index is 1.74. The lowest BCUT2D eigenvalue weighted by molar-refractivity contribution is 0.102. The van der Waals surface area contributed by atoms with Crippen LogP contribution in [0.4, 0.5) is 17.2 Å². The molecule has 7 nitrogen and oxygen atoms in total. The number of nitrogens with one attached hydrogen (secondary N) is 2. The molecular formula is C21H18N4O3. The van der Waals surface area contributed by atoms with Gasteiger partial charge in [0.1, 0.15) is 22.9 Å². The molecule has 2 N–H and O–H groups in total. The molecule has 1 amide bonds. The first-order chi connectivity index (χ1) is 13.6. The monoisotopic (exact) mass is 374 g/mol. The molecule has 0 saturated heterocycles. The van der Waals surface area contributed by atoms with Crippen LogP contribution < -0.4 is 20.1 Å². The highest BCUT2D eigenvalue weighted by atomic mass is 16.5. The minimum Gasteiger partial charge on any atom is -0.496 e. The first-order valence-corrected chi connectivity index (χ1v) is 8.40. The van der Waals surface area contributed by atoms with E-state index in [-0.39, 0.29) is 5.91 Å². The van der Waals surface area contributed by atoms with E-state index < -0.39 is 0 Å². The number of pyridine rings is 1. The molecule has 2 aromatic carbocycles. The number of nitriles is 1. The van der Waals surface area contributed by atoms with Gasteiger partial charge in [0.15, 0.2) is 0 Å². The third-order valence-electron chi connectivity index (χ3n) is 3.94. The maximum Gasteiger partial charge on any atom is 0.264 e. The third kappa shape index (κ3) is 4.19. The average molecular weight is 374 g/mol. The lowest BCUT2D eigenvalue weighted by atomic mass is 10.1. The minimum absolute atomic E-state index is 0.296. The molecule has 0 spiro atoms. The van der Waals surface area contributed by atoms with E-state index in [1.807, 2.05) is 6.07 Å². The Kier molecular flexibility index (Phi) is 5.72. The highest BCUT2D eigenvalue weighted by Gasteiger charge is 2.18. The molecule has 0 unspecified atom stereocenters. The van der Waals surface area contributed by atoms with Crippen LogP contribution in [0.5, 0.6) is 11.5 Å². The first kappa shape index (κ1) is 18.7. The van der Waals surface area contributed by atoms with Crippen molar-refractivity contribution in [2.75, 3.05) is 24.9 Å². The topological polar surface area (TPSA) is 96.3 Å². The normalized spacial score (nSPS) is 9.89. The molecule has 140 valence electrons. The van der Waals surface area contributed by atoms with Crippen LogP contribution in [-0.2, 0) is 0 Å². The highest BCUT2D eigenvalue weighted by Crippen LogP contribution is 2.29. The molecule has 0 fully saturated rings. The number of rotatable bonds is 6. The Morgan fingerprint density at radius 2 is 1.71 bits per heavy atom. The summed E-state index contributed by atoms with van der Waals surface area (Å²) in [6.07, 6.45) is 1.59. The van der Waals surface area contributed by atoms with Crippen molar-refractivity contribution in [1.29, 1.82) is 5.26 Å². The van der Waals surface area contributed by atoms with Crippen molar-refractivity contribution in [3.8, 4) is 17.6 Å². The largest absolute Gasteiger partial charge is 0.496 e. The predicted octanol–water partition coefficient (Wildman–Crippen LogP) is 3.97. The minimum atomic E-state index is -0.385. The number of methoxy groups -OCH3 is 2. The van der Waals surface area contributed by atoms with Gasteiger partial charge < -0.3 is 20.1 Å². The Morgan fingerprint density at radius 1 is 1.00 bits per heavy atom. The molecule has 0 aliphatic heterocycles. The van der Waals surface area contributed by atoms with Gasteiger partial charge in [0, 0.05) is 5.69 Å². The summed E-state index contributed by atoms with van der Waals surface area (Å²) in [5, 5.41) is 14.9. The lowest BCUT2D eigenvalue weighted by Gasteiger charge is -2.13. The van der Waals surface area contributed by atoms with Crippen molar-refractivity contribution in [2.45, 2.75) is 0 Å². The summed E-state index contributed by atoms with van der Waals surface area (Å²) in [4.78, 5) is 16.9. The summed E-state index contributed by atoms with van der Waals surface area (Å²) in [6, 6.07) is 17.8. The second-order valence-corrected chi connectivity index (χ2v) is 5.74. The average Bonchev–Trinajstić information content (AvgIpc) is 2.74. The molecule has 0 radical (unpaired) electrons. The van der Waals surface area contributed by atoms with E-state index in [0.29, 0.717) is 28.4 Å². The van der Waals surface area contributed by atoms with Gasteiger partial charge in [-0.05, 0) is 42.5 Å². The summed E-state index contributed by atoms with van der Waals surface area (Å²) in [6.45, 7) is 0. The number of hydrogen-bond acceptors (Lipinski definition) is 6. The van der Waals surface area contributed by atoms with Crippen molar-refractivity contribution in [2.24, 2.45) is 0 Å². The summed E-state index contributed by atoms with van der Waals surface area (Å²) >= 11 is 0. The standard InChI is InChI=1S/C21H18N4O3/c1-27-17-7-4-8-18(28-2)20(17)21(26)25-19-10-9-16(13-23-19)24-15-6-3-5-14(11-15)12-22/h3-11,13,24H,1-2H3,(H,23,25,26). The molecule has 3 aromatic rings. The van der Waals surface area contributed by atoms with E-state index in [9.17, 15) is 4.79 Å². The van der Waals surface area contributed by atoms with E-state index in [2.05, 4.69) is 21.7 Å². The fourth-order valence-corrected chi connectivity index (χ4v) is 2.63. The van der Waals surface area contributed by atoms with Gasteiger partial charge in [0.05, 0.1) is 37.7 Å². The summed E-state index contributed by atoms with van der Waals surface area (Å²) in [7, 11) is 2.98. The van der Waals surface area contributed by atoms with E-state index >= 15 is 0 Å². The van der Waals surface area contributed by atoms with Crippen LogP contribution in [0.15, 0.2) is 60.8 Å². The van der Waals surface area contributed by atoms with Crippen molar-refractivity contribution < 1.29 is 14.3 Å². The smallest absolute Gasteiger partial charge is 0.264 e. The Hall–Kier alpha value is -4.05. The molecule has 0 atom stereocenters. The number of anilines is 3. The maximum absolute atomic E-state index is 12.7. The van der Waals surface area contributed by atoms with Crippen LogP contribution in [-0.4, -0.2) is 25.1 Å². The molecule has 0 aliphatic rings. The van der Waals surface area contributed by atoms with Gasteiger partial charge in [-0.1, -0.05) is 12.1 Å². The van der Waals surface area contributed by atoms with Crippen molar-refractivity contribution in [3.63, 3.8) is 0 Å². The van der Waals surface area contributed by atoms with E-state index in [1.165, 1.54) is 14.2 Å². The lowest BCUT2D eigenvalue weighted by Crippen LogP contribution is -2.15. The Morgan fingerprint density at radius 3 is 2.32 bits per heavy atom. The van der Waals surface area contributed by atoms with Gasteiger partial charge in [-0.2, -0.15) is 5.26 Å². The van der Waals surface area contributed by atoms with Gasteiger partial charge in [-0.15, -0.1) is 0 Å². The zero-order valence-corrected chi connectivity index (χ0v) is 15.4. The predicted molar refractivity (Wildman–Crippen MR) is 106 cm³/mol. The second kappa shape index (κ2) is 8.56. The van der Waals surface area contributed by atoms with Crippen molar-refractivity contribution in [1.82, 2.24) is 4.98 Å². The third-order valence-corrected chi connectivity index (χ3v) is 3.94. The number of benzene rings is 2. The van der Waals surface area contributed by atoms with Gasteiger partial charge in [-0.25, -0.2) is 4.98 Å². The number of aromatic nitrogens is 1. The van der Waals surface area contributed by atoms with Crippen LogP contribution in [0.3, 0.4) is 0 Å².